The van der Waals surface area contributed by atoms with Crippen molar-refractivity contribution in [3.05, 3.63) is 35.4 Å². The maximum atomic E-state index is 5.95. The predicted molar refractivity (Wildman–Crippen MR) is 96.2 cm³/mol. The summed E-state index contributed by atoms with van der Waals surface area (Å²) in [6.07, 6.45) is 6.61. The van der Waals surface area contributed by atoms with E-state index in [1.54, 1.807) is 0 Å². The Balaban J connectivity index is 1.67. The number of hydrogen-bond donors (Lipinski definition) is 2. The topological polar surface area (TPSA) is 89.2 Å². The number of nitrogens with two attached hydrogens (primary N) is 2. The molecule has 4 N–H and O–H groups in total. The number of benzene rings is 1. The molecule has 0 saturated heterocycles. The summed E-state index contributed by atoms with van der Waals surface area (Å²) < 4.78 is 0. The Morgan fingerprint density at radius 3 is 2.67 bits per heavy atom. The molecule has 1 aromatic rings. The molecule has 24 heavy (non-hydrogen) atoms. The van der Waals surface area contributed by atoms with Crippen molar-refractivity contribution in [1.82, 2.24) is 5.06 Å². The minimum atomic E-state index is -0.670. The molecule has 1 aliphatic carbocycles. The summed E-state index contributed by atoms with van der Waals surface area (Å²) in [7, 11) is 0. The average molecular weight is 329 g/mol. The molecule has 6 nitrogen and oxygen atoms in total. The van der Waals surface area contributed by atoms with Crippen LogP contribution in [0.4, 0.5) is 0 Å². The highest BCUT2D eigenvalue weighted by Crippen LogP contribution is 2.33. The van der Waals surface area contributed by atoms with E-state index in [0.717, 1.165) is 5.56 Å². The second-order valence-electron chi connectivity index (χ2n) is 7.08. The van der Waals surface area contributed by atoms with Crippen molar-refractivity contribution >= 4 is 11.9 Å². The van der Waals surface area contributed by atoms with Crippen molar-refractivity contribution in [1.29, 1.82) is 0 Å². The molecule has 0 radical (unpaired) electrons. The van der Waals surface area contributed by atoms with Crippen molar-refractivity contribution < 1.29 is 4.84 Å². The highest BCUT2D eigenvalue weighted by Gasteiger charge is 2.33. The molecule has 0 amide bonds. The molecular weight excluding hydrogens is 302 g/mol. The first-order chi connectivity index (χ1) is 11.5. The number of hydrogen-bond acceptors (Lipinski definition) is 6. The van der Waals surface area contributed by atoms with Gasteiger partial charge in [0.1, 0.15) is 6.61 Å². The van der Waals surface area contributed by atoms with E-state index >= 15 is 0 Å². The van der Waals surface area contributed by atoms with Gasteiger partial charge in [-0.15, -0.1) is 0 Å². The molecule has 1 aromatic carbocycles. The largest absolute Gasteiger partial charge is 0.368 e. The summed E-state index contributed by atoms with van der Waals surface area (Å²) in [4.78, 5) is 14.2. The van der Waals surface area contributed by atoms with Crippen LogP contribution < -0.4 is 11.5 Å². The Morgan fingerprint density at radius 2 is 1.96 bits per heavy atom. The lowest BCUT2D eigenvalue weighted by Gasteiger charge is -2.36. The molecule has 0 bridgehead atoms. The Morgan fingerprint density at radius 1 is 1.21 bits per heavy atom. The zero-order valence-electron chi connectivity index (χ0n) is 14.5. The van der Waals surface area contributed by atoms with Crippen LogP contribution in [-0.4, -0.2) is 22.6 Å². The second-order valence-corrected chi connectivity index (χ2v) is 7.08. The Kier molecular flexibility index (Phi) is 4.76. The van der Waals surface area contributed by atoms with Gasteiger partial charge in [-0.05, 0) is 43.7 Å². The van der Waals surface area contributed by atoms with Crippen LogP contribution in [-0.2, 0) is 11.4 Å². The molecule has 0 spiro atoms. The summed E-state index contributed by atoms with van der Waals surface area (Å²) in [6, 6.07) is 8.66. The van der Waals surface area contributed by atoms with Crippen molar-refractivity contribution in [2.75, 3.05) is 0 Å². The van der Waals surface area contributed by atoms with Gasteiger partial charge in [0.2, 0.25) is 11.9 Å². The van der Waals surface area contributed by atoms with Crippen LogP contribution in [0.3, 0.4) is 0 Å². The molecule has 2 aliphatic rings. The third kappa shape index (κ3) is 3.70. The van der Waals surface area contributed by atoms with E-state index in [0.29, 0.717) is 12.5 Å². The summed E-state index contributed by atoms with van der Waals surface area (Å²) in [5, 5.41) is 1.52. The zero-order chi connectivity index (χ0) is 17.2. The van der Waals surface area contributed by atoms with E-state index in [1.165, 1.54) is 42.7 Å². The molecule has 1 heterocycles. The van der Waals surface area contributed by atoms with Gasteiger partial charge in [0.25, 0.3) is 0 Å². The van der Waals surface area contributed by atoms with Gasteiger partial charge in [0.15, 0.2) is 5.66 Å². The fraction of sp³-hybridized carbons (Fsp3) is 0.556. The molecule has 1 saturated carbocycles. The lowest BCUT2D eigenvalue weighted by Crippen LogP contribution is -2.53. The summed E-state index contributed by atoms with van der Waals surface area (Å²) in [6.45, 7) is 4.20. The summed E-state index contributed by atoms with van der Waals surface area (Å²) >= 11 is 0. The van der Waals surface area contributed by atoms with E-state index in [1.807, 2.05) is 13.8 Å². The zero-order valence-corrected chi connectivity index (χ0v) is 14.5. The lowest BCUT2D eigenvalue weighted by molar-refractivity contribution is -0.166. The maximum absolute atomic E-state index is 5.95. The molecule has 1 aliphatic heterocycles. The van der Waals surface area contributed by atoms with Crippen molar-refractivity contribution in [3.8, 4) is 0 Å². The maximum Gasteiger partial charge on any atom is 0.226 e. The standard InChI is InChI=1S/C18H27N5O/c1-18(2)22-16(19)21-17(20)23(18)24-12-13-7-6-10-15(11-13)14-8-4-3-5-9-14/h6-7,10-11,14H,3-5,8-9,12H2,1-2H3,(H4,19,20,21,22). The number of rotatable bonds is 4. The number of nitrogens with zero attached hydrogens (tertiary/aromatic N) is 3. The Labute approximate surface area is 143 Å². The van der Waals surface area contributed by atoms with E-state index in [2.05, 4.69) is 34.3 Å². The van der Waals surface area contributed by atoms with Gasteiger partial charge in [-0.2, -0.15) is 10.1 Å². The molecule has 130 valence electrons. The summed E-state index contributed by atoms with van der Waals surface area (Å²) in [5.74, 6) is 1.09. The Hall–Kier alpha value is -2.08. The van der Waals surface area contributed by atoms with Crippen LogP contribution in [0.2, 0.25) is 0 Å². The van der Waals surface area contributed by atoms with Gasteiger partial charge in [0, 0.05) is 0 Å². The fourth-order valence-electron chi connectivity index (χ4n) is 3.53. The third-order valence-electron chi connectivity index (χ3n) is 4.71. The minimum absolute atomic E-state index is 0.177. The van der Waals surface area contributed by atoms with Crippen LogP contribution >= 0.6 is 0 Å². The van der Waals surface area contributed by atoms with Gasteiger partial charge >= 0.3 is 0 Å². The van der Waals surface area contributed by atoms with E-state index < -0.39 is 5.66 Å². The van der Waals surface area contributed by atoms with E-state index in [4.69, 9.17) is 16.3 Å². The predicted octanol–water partition coefficient (Wildman–Crippen LogP) is 2.85. The normalized spacial score (nSPS) is 21.3. The quantitative estimate of drug-likeness (QED) is 0.889. The lowest BCUT2D eigenvalue weighted by atomic mass is 9.84. The third-order valence-corrected chi connectivity index (χ3v) is 4.71. The van der Waals surface area contributed by atoms with Crippen LogP contribution in [0.15, 0.2) is 34.3 Å². The van der Waals surface area contributed by atoms with Crippen LogP contribution in [0.5, 0.6) is 0 Å². The van der Waals surface area contributed by atoms with Crippen LogP contribution in [0.25, 0.3) is 0 Å². The molecule has 6 heteroatoms. The molecule has 1 fully saturated rings. The van der Waals surface area contributed by atoms with Crippen molar-refractivity contribution in [2.45, 2.75) is 64.1 Å². The van der Waals surface area contributed by atoms with Gasteiger partial charge < -0.3 is 11.5 Å². The van der Waals surface area contributed by atoms with Crippen LogP contribution in [0, 0.1) is 0 Å². The van der Waals surface area contributed by atoms with Gasteiger partial charge in [-0.1, -0.05) is 43.5 Å². The van der Waals surface area contributed by atoms with E-state index in [9.17, 15) is 0 Å². The first kappa shape index (κ1) is 16.8. The fourth-order valence-corrected chi connectivity index (χ4v) is 3.53. The van der Waals surface area contributed by atoms with Crippen molar-refractivity contribution in [2.24, 2.45) is 21.5 Å². The monoisotopic (exact) mass is 329 g/mol. The van der Waals surface area contributed by atoms with E-state index in [-0.39, 0.29) is 11.9 Å². The SMILES string of the molecule is CC1(C)N=C(N)N=C(N)N1OCc1cccc(C2CCCCC2)c1. The van der Waals surface area contributed by atoms with Gasteiger partial charge in [-0.25, -0.2) is 4.99 Å². The highest BCUT2D eigenvalue weighted by atomic mass is 16.7. The molecule has 0 atom stereocenters. The number of hydroxylamine groups is 2. The number of guanidine groups is 2. The van der Waals surface area contributed by atoms with Gasteiger partial charge in [-0.3, -0.25) is 4.84 Å². The van der Waals surface area contributed by atoms with Crippen molar-refractivity contribution in [3.63, 3.8) is 0 Å². The first-order valence-electron chi connectivity index (χ1n) is 8.67. The minimum Gasteiger partial charge on any atom is -0.368 e. The molecule has 0 aromatic heterocycles. The molecular formula is C18H27N5O. The molecule has 3 rings (SSSR count). The second kappa shape index (κ2) is 6.81. The smallest absolute Gasteiger partial charge is 0.226 e. The van der Waals surface area contributed by atoms with Gasteiger partial charge in [0.05, 0.1) is 0 Å². The highest BCUT2D eigenvalue weighted by molar-refractivity contribution is 5.95. The summed E-state index contributed by atoms with van der Waals surface area (Å²) in [5.41, 5.74) is 13.5. The number of aliphatic imine (C=N–C) groups is 2. The van der Waals surface area contributed by atoms with Crippen LogP contribution in [0.1, 0.15) is 63.0 Å². The average Bonchev–Trinajstić information content (AvgIpc) is 2.54. The Bertz CT molecular complexity index is 647. The molecule has 0 unspecified atom stereocenters. The first-order valence-corrected chi connectivity index (χ1v) is 8.67.